The molecule has 1 unspecified atom stereocenters. The van der Waals surface area contributed by atoms with Crippen LogP contribution in [-0.2, 0) is 0 Å². The molecule has 17 heavy (non-hydrogen) atoms. The highest BCUT2D eigenvalue weighted by Crippen LogP contribution is 2.09. The molecule has 4 nitrogen and oxygen atoms in total. The van der Waals surface area contributed by atoms with Gasteiger partial charge in [-0.15, -0.1) is 0 Å². The second-order valence-electron chi connectivity index (χ2n) is 5.06. The fourth-order valence-electron chi connectivity index (χ4n) is 2.12. The van der Waals surface area contributed by atoms with Crippen LogP contribution in [0, 0.1) is 5.92 Å². The summed E-state index contributed by atoms with van der Waals surface area (Å²) in [5.74, 6) is 0.338. The van der Waals surface area contributed by atoms with Gasteiger partial charge in [-0.25, -0.2) is 4.79 Å². The lowest BCUT2D eigenvalue weighted by Gasteiger charge is -2.20. The molecule has 1 aliphatic heterocycles. The van der Waals surface area contributed by atoms with Crippen LogP contribution in [0.25, 0.3) is 0 Å². The van der Waals surface area contributed by atoms with Crippen molar-refractivity contribution in [2.45, 2.75) is 45.4 Å². The van der Waals surface area contributed by atoms with Crippen LogP contribution in [0.2, 0.25) is 0 Å². The third kappa shape index (κ3) is 5.91. The summed E-state index contributed by atoms with van der Waals surface area (Å²) in [5.41, 5.74) is 0. The Hall–Kier alpha value is -0.770. The average molecular weight is 242 g/mol. The van der Waals surface area contributed by atoms with E-state index in [9.17, 15) is 4.79 Å². The van der Waals surface area contributed by atoms with Gasteiger partial charge in [0.25, 0.3) is 0 Å². The summed E-state index contributed by atoms with van der Waals surface area (Å²) in [5, 5.41) is 11.8. The number of carbonyl (C=O) groups is 1. The van der Waals surface area contributed by atoms with Crippen molar-refractivity contribution < 1.29 is 9.90 Å². The van der Waals surface area contributed by atoms with Crippen LogP contribution in [0.15, 0.2) is 0 Å². The molecule has 0 radical (unpaired) electrons. The summed E-state index contributed by atoms with van der Waals surface area (Å²) in [6.45, 7) is 4.79. The Morgan fingerprint density at radius 3 is 2.53 bits per heavy atom. The van der Waals surface area contributed by atoms with Crippen LogP contribution in [0.1, 0.15) is 45.4 Å². The molecular formula is C13H26N2O2. The van der Waals surface area contributed by atoms with Crippen LogP contribution in [0.5, 0.6) is 0 Å². The van der Waals surface area contributed by atoms with Crippen molar-refractivity contribution in [3.05, 3.63) is 0 Å². The molecule has 1 rings (SSSR count). The molecule has 0 aromatic heterocycles. The van der Waals surface area contributed by atoms with Crippen LogP contribution in [0.3, 0.4) is 0 Å². The van der Waals surface area contributed by atoms with Gasteiger partial charge in [0.1, 0.15) is 0 Å². The lowest BCUT2D eigenvalue weighted by atomic mass is 10.1. The molecular weight excluding hydrogens is 216 g/mol. The monoisotopic (exact) mass is 242 g/mol. The zero-order valence-electron chi connectivity index (χ0n) is 11.0. The number of amides is 2. The van der Waals surface area contributed by atoms with E-state index in [1.807, 2.05) is 11.8 Å². The van der Waals surface area contributed by atoms with E-state index in [0.29, 0.717) is 5.92 Å². The number of urea groups is 1. The number of nitrogens with zero attached hydrogens (tertiary/aromatic N) is 1. The number of rotatable bonds is 5. The van der Waals surface area contributed by atoms with Gasteiger partial charge in [-0.05, 0) is 31.6 Å². The Labute approximate surface area is 104 Å². The number of hydrogen-bond acceptors (Lipinski definition) is 2. The van der Waals surface area contributed by atoms with Crippen LogP contribution < -0.4 is 5.32 Å². The number of carbonyl (C=O) groups excluding carboxylic acids is 1. The Morgan fingerprint density at radius 2 is 1.94 bits per heavy atom. The van der Waals surface area contributed by atoms with Gasteiger partial charge >= 0.3 is 6.03 Å². The van der Waals surface area contributed by atoms with Gasteiger partial charge in [-0.3, -0.25) is 0 Å². The average Bonchev–Trinajstić information content (AvgIpc) is 2.62. The Morgan fingerprint density at radius 1 is 1.29 bits per heavy atom. The first kappa shape index (κ1) is 14.3. The minimum atomic E-state index is 0.0866. The van der Waals surface area contributed by atoms with E-state index < -0.39 is 0 Å². The molecule has 1 saturated heterocycles. The van der Waals surface area contributed by atoms with E-state index in [-0.39, 0.29) is 12.6 Å². The molecule has 4 heteroatoms. The topological polar surface area (TPSA) is 52.6 Å². The number of aliphatic hydroxyl groups is 1. The number of hydrogen-bond donors (Lipinski definition) is 2. The van der Waals surface area contributed by atoms with E-state index in [0.717, 1.165) is 45.3 Å². The molecule has 100 valence electrons. The normalized spacial score (nSPS) is 18.6. The van der Waals surface area contributed by atoms with Gasteiger partial charge in [0, 0.05) is 26.2 Å². The predicted molar refractivity (Wildman–Crippen MR) is 68.9 cm³/mol. The summed E-state index contributed by atoms with van der Waals surface area (Å²) in [7, 11) is 0. The van der Waals surface area contributed by atoms with Gasteiger partial charge in [0.05, 0.1) is 0 Å². The lowest BCUT2D eigenvalue weighted by Crippen LogP contribution is -2.40. The summed E-state index contributed by atoms with van der Waals surface area (Å²) in [6, 6.07) is 0.0866. The molecule has 0 saturated carbocycles. The van der Waals surface area contributed by atoms with Gasteiger partial charge < -0.3 is 15.3 Å². The third-order valence-electron chi connectivity index (χ3n) is 3.35. The summed E-state index contributed by atoms with van der Waals surface area (Å²) < 4.78 is 0. The van der Waals surface area contributed by atoms with E-state index in [2.05, 4.69) is 5.32 Å². The van der Waals surface area contributed by atoms with Crippen LogP contribution in [0.4, 0.5) is 4.79 Å². The second kappa shape index (κ2) is 8.34. The second-order valence-corrected chi connectivity index (χ2v) is 5.06. The highest BCUT2D eigenvalue weighted by atomic mass is 16.3. The van der Waals surface area contributed by atoms with E-state index in [1.54, 1.807) is 0 Å². The minimum absolute atomic E-state index is 0.0866. The maximum absolute atomic E-state index is 11.8. The first-order chi connectivity index (χ1) is 8.24. The van der Waals surface area contributed by atoms with Gasteiger partial charge in [-0.2, -0.15) is 0 Å². The SMILES string of the molecule is CC(CO)CCCNC(=O)N1CCCCCC1. The molecule has 0 spiro atoms. The Balaban J connectivity index is 2.11. The quantitative estimate of drug-likeness (QED) is 0.724. The molecule has 2 N–H and O–H groups in total. The van der Waals surface area contributed by atoms with Crippen molar-refractivity contribution in [1.29, 1.82) is 0 Å². The third-order valence-corrected chi connectivity index (χ3v) is 3.35. The van der Waals surface area contributed by atoms with Crippen molar-refractivity contribution in [3.63, 3.8) is 0 Å². The van der Waals surface area contributed by atoms with Gasteiger partial charge in [0.2, 0.25) is 0 Å². The molecule has 0 bridgehead atoms. The fourth-order valence-corrected chi connectivity index (χ4v) is 2.12. The Kier molecular flexibility index (Phi) is 7.01. The van der Waals surface area contributed by atoms with Gasteiger partial charge in [0.15, 0.2) is 0 Å². The fraction of sp³-hybridized carbons (Fsp3) is 0.923. The standard InChI is InChI=1S/C13H26N2O2/c1-12(11-16)7-6-8-14-13(17)15-9-4-2-3-5-10-15/h12,16H,2-11H2,1H3,(H,14,17). The van der Waals surface area contributed by atoms with Crippen molar-refractivity contribution in [2.75, 3.05) is 26.2 Å². The molecule has 0 aromatic carbocycles. The Bertz CT molecular complexity index is 213. The zero-order valence-corrected chi connectivity index (χ0v) is 11.0. The zero-order chi connectivity index (χ0) is 12.5. The molecule has 1 aliphatic rings. The molecule has 2 amide bonds. The van der Waals surface area contributed by atoms with Crippen molar-refractivity contribution >= 4 is 6.03 Å². The first-order valence-corrected chi connectivity index (χ1v) is 6.87. The highest BCUT2D eigenvalue weighted by Gasteiger charge is 2.14. The molecule has 0 aromatic rings. The smallest absolute Gasteiger partial charge is 0.317 e. The molecule has 1 fully saturated rings. The number of likely N-dealkylation sites (tertiary alicyclic amines) is 1. The van der Waals surface area contributed by atoms with E-state index >= 15 is 0 Å². The van der Waals surface area contributed by atoms with Crippen LogP contribution in [-0.4, -0.2) is 42.3 Å². The highest BCUT2D eigenvalue weighted by molar-refractivity contribution is 5.74. The van der Waals surface area contributed by atoms with Crippen molar-refractivity contribution in [3.8, 4) is 0 Å². The maximum Gasteiger partial charge on any atom is 0.317 e. The molecule has 1 atom stereocenters. The summed E-state index contributed by atoms with van der Waals surface area (Å²) >= 11 is 0. The number of nitrogens with one attached hydrogen (secondary N) is 1. The first-order valence-electron chi connectivity index (χ1n) is 6.87. The van der Waals surface area contributed by atoms with E-state index in [1.165, 1.54) is 12.8 Å². The van der Waals surface area contributed by atoms with Gasteiger partial charge in [-0.1, -0.05) is 19.8 Å². The van der Waals surface area contributed by atoms with Crippen molar-refractivity contribution in [1.82, 2.24) is 10.2 Å². The summed E-state index contributed by atoms with van der Waals surface area (Å²) in [6.07, 6.45) is 6.68. The maximum atomic E-state index is 11.8. The lowest BCUT2D eigenvalue weighted by molar-refractivity contribution is 0.198. The molecule has 0 aliphatic carbocycles. The number of aliphatic hydroxyl groups excluding tert-OH is 1. The molecule has 1 heterocycles. The summed E-state index contributed by atoms with van der Waals surface area (Å²) in [4.78, 5) is 13.8. The van der Waals surface area contributed by atoms with Crippen molar-refractivity contribution in [2.24, 2.45) is 5.92 Å². The predicted octanol–water partition coefficient (Wildman–Crippen LogP) is 1.98. The van der Waals surface area contributed by atoms with E-state index in [4.69, 9.17) is 5.11 Å². The minimum Gasteiger partial charge on any atom is -0.396 e. The largest absolute Gasteiger partial charge is 0.396 e. The van der Waals surface area contributed by atoms with Crippen LogP contribution >= 0.6 is 0 Å².